The first kappa shape index (κ1) is 28.4. The van der Waals surface area contributed by atoms with Crippen LogP contribution < -0.4 is 20.3 Å². The van der Waals surface area contributed by atoms with Gasteiger partial charge in [-0.3, -0.25) is 19.3 Å². The fourth-order valence-corrected chi connectivity index (χ4v) is 3.93. The second-order valence-corrected chi connectivity index (χ2v) is 10.3. The van der Waals surface area contributed by atoms with Crippen molar-refractivity contribution in [3.8, 4) is 5.75 Å². The van der Waals surface area contributed by atoms with E-state index in [4.69, 9.17) is 9.26 Å². The van der Waals surface area contributed by atoms with E-state index in [0.717, 1.165) is 11.1 Å². The molecule has 202 valence electrons. The lowest BCUT2D eigenvalue weighted by Crippen LogP contribution is -2.49. The molecule has 3 aromatic rings. The molecule has 0 spiro atoms. The second kappa shape index (κ2) is 11.9. The number of ether oxygens (including phenoxy) is 1. The van der Waals surface area contributed by atoms with E-state index >= 15 is 0 Å². The average Bonchev–Trinajstić information content (AvgIpc) is 3.26. The fraction of sp³-hybridized carbons (Fsp3) is 0.379. The van der Waals surface area contributed by atoms with Gasteiger partial charge < -0.3 is 19.9 Å². The van der Waals surface area contributed by atoms with Gasteiger partial charge >= 0.3 is 0 Å². The van der Waals surface area contributed by atoms with E-state index in [2.05, 4.69) is 15.8 Å². The van der Waals surface area contributed by atoms with Gasteiger partial charge in [-0.25, -0.2) is 0 Å². The highest BCUT2D eigenvalue weighted by Gasteiger charge is 2.34. The van der Waals surface area contributed by atoms with Crippen molar-refractivity contribution < 1.29 is 23.6 Å². The lowest BCUT2D eigenvalue weighted by atomic mass is 9.99. The minimum atomic E-state index is -0.976. The maximum atomic E-state index is 13.8. The molecule has 0 fully saturated rings. The van der Waals surface area contributed by atoms with Gasteiger partial charge in [0.2, 0.25) is 17.7 Å². The summed E-state index contributed by atoms with van der Waals surface area (Å²) < 4.78 is 10.3. The van der Waals surface area contributed by atoms with Gasteiger partial charge in [0, 0.05) is 30.1 Å². The number of nitrogens with one attached hydrogen (secondary N) is 2. The van der Waals surface area contributed by atoms with Crippen LogP contribution >= 0.6 is 0 Å². The van der Waals surface area contributed by atoms with Gasteiger partial charge in [-0.1, -0.05) is 23.4 Å². The molecule has 0 radical (unpaired) electrons. The Morgan fingerprint density at radius 1 is 0.974 bits per heavy atom. The van der Waals surface area contributed by atoms with Gasteiger partial charge in [-0.05, 0) is 82.5 Å². The lowest BCUT2D eigenvalue weighted by Gasteiger charge is -2.34. The highest BCUT2D eigenvalue weighted by atomic mass is 16.5. The molecule has 1 aromatic heterocycles. The van der Waals surface area contributed by atoms with Gasteiger partial charge in [0.25, 0.3) is 0 Å². The first-order valence-electron chi connectivity index (χ1n) is 12.5. The van der Waals surface area contributed by atoms with Crippen LogP contribution in [0.15, 0.2) is 53.1 Å². The average molecular weight is 521 g/mol. The van der Waals surface area contributed by atoms with E-state index in [0.29, 0.717) is 22.8 Å². The molecule has 1 heterocycles. The molecule has 0 unspecified atom stereocenters. The van der Waals surface area contributed by atoms with Gasteiger partial charge in [-0.2, -0.15) is 0 Å². The van der Waals surface area contributed by atoms with Crippen LogP contribution in [-0.4, -0.2) is 35.5 Å². The lowest BCUT2D eigenvalue weighted by molar-refractivity contribution is -0.128. The Kier molecular flexibility index (Phi) is 8.93. The smallest absolute Gasteiger partial charge is 0.248 e. The quantitative estimate of drug-likeness (QED) is 0.410. The standard InChI is InChI=1S/C29H36N4O5/c1-18-8-11-22(16-19(18)2)33(26(35)15-14-25(34)30-24-17-20(3)38-32-24)27(28(36)31-29(4,5)6)21-9-12-23(37-7)13-10-21/h8-13,16-17,27H,14-15H2,1-7H3,(H,31,36)(H,30,32,34)/t27-/m0/s1. The minimum Gasteiger partial charge on any atom is -0.497 e. The minimum absolute atomic E-state index is 0.0949. The molecular weight excluding hydrogens is 484 g/mol. The Morgan fingerprint density at radius 2 is 1.66 bits per heavy atom. The third-order valence-electron chi connectivity index (χ3n) is 5.94. The summed E-state index contributed by atoms with van der Waals surface area (Å²) in [5, 5.41) is 9.41. The third kappa shape index (κ3) is 7.44. The van der Waals surface area contributed by atoms with Gasteiger partial charge in [-0.15, -0.1) is 0 Å². The van der Waals surface area contributed by atoms with Crippen molar-refractivity contribution in [2.45, 2.75) is 66.0 Å². The zero-order chi connectivity index (χ0) is 28.0. The van der Waals surface area contributed by atoms with Crippen LogP contribution in [0.5, 0.6) is 5.75 Å². The van der Waals surface area contributed by atoms with Crippen LogP contribution in [0.1, 0.15) is 62.1 Å². The zero-order valence-corrected chi connectivity index (χ0v) is 23.0. The van der Waals surface area contributed by atoms with E-state index < -0.39 is 11.6 Å². The molecule has 0 saturated heterocycles. The monoisotopic (exact) mass is 520 g/mol. The highest BCUT2D eigenvalue weighted by Crippen LogP contribution is 2.32. The topological polar surface area (TPSA) is 114 Å². The number of rotatable bonds is 9. The summed E-state index contributed by atoms with van der Waals surface area (Å²) in [6.07, 6.45) is -0.215. The Bertz CT molecular complexity index is 1290. The summed E-state index contributed by atoms with van der Waals surface area (Å²) >= 11 is 0. The fourth-order valence-electron chi connectivity index (χ4n) is 3.93. The number of nitrogens with zero attached hydrogens (tertiary/aromatic N) is 2. The predicted octanol–water partition coefficient (Wildman–Crippen LogP) is 5.02. The molecule has 1 atom stereocenters. The maximum absolute atomic E-state index is 13.8. The number of carbonyl (C=O) groups excluding carboxylic acids is 3. The second-order valence-electron chi connectivity index (χ2n) is 10.3. The highest BCUT2D eigenvalue weighted by molar-refractivity contribution is 6.03. The van der Waals surface area contributed by atoms with Crippen molar-refractivity contribution in [3.05, 3.63) is 71.0 Å². The van der Waals surface area contributed by atoms with Crippen molar-refractivity contribution >= 4 is 29.2 Å². The van der Waals surface area contributed by atoms with Gasteiger partial charge in [0.05, 0.1) is 7.11 Å². The summed E-state index contributed by atoms with van der Waals surface area (Å²) in [5.74, 6) is 0.386. The van der Waals surface area contributed by atoms with Crippen LogP contribution in [0.3, 0.4) is 0 Å². The summed E-state index contributed by atoms with van der Waals surface area (Å²) in [6, 6.07) is 13.3. The summed E-state index contributed by atoms with van der Waals surface area (Å²) in [7, 11) is 1.56. The normalized spacial score (nSPS) is 12.0. The molecule has 0 aliphatic carbocycles. The number of methoxy groups -OCH3 is 1. The van der Waals surface area contributed by atoms with Gasteiger partial charge in [0.1, 0.15) is 17.6 Å². The molecule has 0 aliphatic heterocycles. The van der Waals surface area contributed by atoms with Crippen LogP contribution in [0.2, 0.25) is 0 Å². The molecule has 3 rings (SSSR count). The number of hydrogen-bond acceptors (Lipinski definition) is 6. The van der Waals surface area contributed by atoms with Crippen LogP contribution in [0.4, 0.5) is 11.5 Å². The maximum Gasteiger partial charge on any atom is 0.248 e. The number of amides is 3. The number of aryl methyl sites for hydroxylation is 3. The van der Waals surface area contributed by atoms with Crippen LogP contribution in [0.25, 0.3) is 0 Å². The van der Waals surface area contributed by atoms with E-state index in [9.17, 15) is 14.4 Å². The van der Waals surface area contributed by atoms with E-state index in [1.165, 1.54) is 4.90 Å². The first-order chi connectivity index (χ1) is 17.9. The molecule has 9 heteroatoms. The molecule has 9 nitrogen and oxygen atoms in total. The molecule has 0 aliphatic rings. The van der Waals surface area contributed by atoms with Crippen molar-refractivity contribution in [2.24, 2.45) is 0 Å². The Labute approximate surface area is 223 Å². The third-order valence-corrected chi connectivity index (χ3v) is 5.94. The number of benzene rings is 2. The number of aromatic nitrogens is 1. The van der Waals surface area contributed by atoms with Crippen molar-refractivity contribution in [2.75, 3.05) is 17.3 Å². The van der Waals surface area contributed by atoms with E-state index in [1.54, 1.807) is 44.4 Å². The van der Waals surface area contributed by atoms with Crippen LogP contribution in [0, 0.1) is 20.8 Å². The van der Waals surface area contributed by atoms with E-state index in [-0.39, 0.29) is 36.4 Å². The summed E-state index contributed by atoms with van der Waals surface area (Å²) in [4.78, 5) is 41.6. The molecule has 38 heavy (non-hydrogen) atoms. The number of hydrogen-bond donors (Lipinski definition) is 2. The van der Waals surface area contributed by atoms with E-state index in [1.807, 2.05) is 52.8 Å². The molecule has 0 bridgehead atoms. The molecule has 2 aromatic carbocycles. The Hall–Kier alpha value is -4.14. The predicted molar refractivity (Wildman–Crippen MR) is 146 cm³/mol. The largest absolute Gasteiger partial charge is 0.497 e. The van der Waals surface area contributed by atoms with Crippen molar-refractivity contribution in [1.82, 2.24) is 10.5 Å². The molecule has 0 saturated carbocycles. The molecular formula is C29H36N4O5. The van der Waals surface area contributed by atoms with Gasteiger partial charge in [0.15, 0.2) is 5.82 Å². The molecule has 3 amide bonds. The zero-order valence-electron chi connectivity index (χ0n) is 23.0. The number of anilines is 2. The number of carbonyl (C=O) groups is 3. The Balaban J connectivity index is 1.99. The Morgan fingerprint density at radius 3 is 2.21 bits per heavy atom. The summed E-state index contributed by atoms with van der Waals surface area (Å²) in [6.45, 7) is 11.3. The SMILES string of the molecule is COc1ccc([C@@H](C(=O)NC(C)(C)C)N(C(=O)CCC(=O)Nc2cc(C)on2)c2ccc(C)c(C)c2)cc1. The first-order valence-corrected chi connectivity index (χ1v) is 12.5. The van der Waals surface area contributed by atoms with Crippen molar-refractivity contribution in [3.63, 3.8) is 0 Å². The summed E-state index contributed by atoms with van der Waals surface area (Å²) in [5.41, 5.74) is 2.68. The van der Waals surface area contributed by atoms with Crippen LogP contribution in [-0.2, 0) is 14.4 Å². The van der Waals surface area contributed by atoms with Crippen molar-refractivity contribution in [1.29, 1.82) is 0 Å². The molecule has 2 N–H and O–H groups in total.